The van der Waals surface area contributed by atoms with E-state index in [0.29, 0.717) is 0 Å². The minimum Gasteiger partial charge on any atom is -0.319 e. The highest BCUT2D eigenvalue weighted by atomic mass is 32.1. The van der Waals surface area contributed by atoms with Crippen LogP contribution in [0.15, 0.2) is 23.8 Å². The third kappa shape index (κ3) is 2.07. The standard InChI is InChI=1S/C19H22N2S/c1-11-4-5-16-15(8-11)9-14-6-7-19(20,10-17(14)16)18-21-12(2)13(3)22-18/h4-5,8H,6-7,9-10,20H2,1-3H3/t19-/m1/s1. The summed E-state index contributed by atoms with van der Waals surface area (Å²) in [6, 6.07) is 6.85. The van der Waals surface area contributed by atoms with E-state index in [4.69, 9.17) is 10.7 Å². The van der Waals surface area contributed by atoms with Crippen molar-refractivity contribution in [2.75, 3.05) is 0 Å². The number of nitrogens with zero attached hydrogens (tertiary/aromatic N) is 1. The second-order valence-electron chi connectivity index (χ2n) is 6.91. The molecule has 1 atom stereocenters. The molecular weight excluding hydrogens is 288 g/mol. The van der Waals surface area contributed by atoms with Gasteiger partial charge in [0.1, 0.15) is 5.01 Å². The molecule has 3 heteroatoms. The minimum atomic E-state index is -0.283. The quantitative estimate of drug-likeness (QED) is 0.847. The lowest BCUT2D eigenvalue weighted by atomic mass is 9.79. The van der Waals surface area contributed by atoms with Crippen LogP contribution in [0.1, 0.15) is 51.5 Å². The molecule has 4 rings (SSSR count). The van der Waals surface area contributed by atoms with Crippen LogP contribution in [0.5, 0.6) is 0 Å². The van der Waals surface area contributed by atoms with Crippen molar-refractivity contribution in [2.45, 2.75) is 52.0 Å². The molecule has 2 nitrogen and oxygen atoms in total. The molecule has 0 saturated carbocycles. The zero-order valence-corrected chi connectivity index (χ0v) is 14.3. The van der Waals surface area contributed by atoms with Gasteiger partial charge in [0.05, 0.1) is 11.2 Å². The van der Waals surface area contributed by atoms with E-state index in [2.05, 4.69) is 39.0 Å². The molecule has 0 aliphatic heterocycles. The molecule has 1 aromatic heterocycles. The third-order valence-corrected chi connectivity index (χ3v) is 6.53. The van der Waals surface area contributed by atoms with Gasteiger partial charge in [-0.25, -0.2) is 4.98 Å². The molecule has 0 fully saturated rings. The van der Waals surface area contributed by atoms with E-state index in [1.54, 1.807) is 16.9 Å². The zero-order valence-electron chi connectivity index (χ0n) is 13.5. The van der Waals surface area contributed by atoms with Crippen molar-refractivity contribution in [3.05, 3.63) is 56.0 Å². The molecule has 2 aromatic rings. The molecule has 0 unspecified atom stereocenters. The van der Waals surface area contributed by atoms with Crippen LogP contribution in [0.25, 0.3) is 5.57 Å². The van der Waals surface area contributed by atoms with Gasteiger partial charge in [-0.1, -0.05) is 29.3 Å². The van der Waals surface area contributed by atoms with Gasteiger partial charge in [-0.2, -0.15) is 0 Å². The molecule has 0 amide bonds. The van der Waals surface area contributed by atoms with Gasteiger partial charge >= 0.3 is 0 Å². The van der Waals surface area contributed by atoms with E-state index in [1.807, 2.05) is 0 Å². The van der Waals surface area contributed by atoms with Gasteiger partial charge in [0, 0.05) is 4.88 Å². The van der Waals surface area contributed by atoms with E-state index < -0.39 is 0 Å². The summed E-state index contributed by atoms with van der Waals surface area (Å²) in [5, 5.41) is 1.12. The first-order valence-electron chi connectivity index (χ1n) is 8.00. The van der Waals surface area contributed by atoms with E-state index in [0.717, 1.165) is 36.4 Å². The van der Waals surface area contributed by atoms with Gasteiger partial charge in [-0.05, 0) is 63.2 Å². The second-order valence-corrected chi connectivity index (χ2v) is 8.12. The highest BCUT2D eigenvalue weighted by molar-refractivity contribution is 7.11. The Bertz CT molecular complexity index is 780. The van der Waals surface area contributed by atoms with Gasteiger partial charge in [-0.3, -0.25) is 0 Å². The van der Waals surface area contributed by atoms with Crippen LogP contribution in [0.3, 0.4) is 0 Å². The van der Waals surface area contributed by atoms with Crippen molar-refractivity contribution >= 4 is 16.9 Å². The van der Waals surface area contributed by atoms with Crippen LogP contribution >= 0.6 is 11.3 Å². The summed E-state index contributed by atoms with van der Waals surface area (Å²) in [4.78, 5) is 6.05. The molecule has 1 aromatic carbocycles. The Balaban J connectivity index is 1.73. The van der Waals surface area contributed by atoms with Gasteiger partial charge in [-0.15, -0.1) is 11.3 Å². The Hall–Kier alpha value is -1.45. The molecule has 1 heterocycles. The normalized spacial score (nSPS) is 23.6. The number of nitrogens with two attached hydrogens (primary N) is 1. The summed E-state index contributed by atoms with van der Waals surface area (Å²) in [5.41, 5.74) is 15.0. The molecule has 22 heavy (non-hydrogen) atoms. The maximum absolute atomic E-state index is 6.82. The highest BCUT2D eigenvalue weighted by Gasteiger charge is 2.39. The third-order valence-electron chi connectivity index (χ3n) is 5.24. The maximum Gasteiger partial charge on any atom is 0.113 e. The Morgan fingerprint density at radius 1 is 1.23 bits per heavy atom. The van der Waals surface area contributed by atoms with Crippen molar-refractivity contribution in [1.82, 2.24) is 4.98 Å². The first-order chi connectivity index (χ1) is 10.5. The predicted octanol–water partition coefficient (Wildman–Crippen LogP) is 4.42. The number of thiazole rings is 1. The first kappa shape index (κ1) is 14.2. The topological polar surface area (TPSA) is 38.9 Å². The number of rotatable bonds is 1. The van der Waals surface area contributed by atoms with Gasteiger partial charge in [0.15, 0.2) is 0 Å². The van der Waals surface area contributed by atoms with Crippen LogP contribution < -0.4 is 5.73 Å². The number of allylic oxidation sites excluding steroid dienone is 1. The smallest absolute Gasteiger partial charge is 0.113 e. The Morgan fingerprint density at radius 2 is 2.05 bits per heavy atom. The maximum atomic E-state index is 6.82. The summed E-state index contributed by atoms with van der Waals surface area (Å²) < 4.78 is 0. The number of fused-ring (bicyclic) bond motifs is 2. The lowest BCUT2D eigenvalue weighted by Crippen LogP contribution is -2.38. The monoisotopic (exact) mass is 310 g/mol. The number of hydrogen-bond acceptors (Lipinski definition) is 3. The van der Waals surface area contributed by atoms with Crippen molar-refractivity contribution in [3.63, 3.8) is 0 Å². The second kappa shape index (κ2) is 4.77. The van der Waals surface area contributed by atoms with Crippen molar-refractivity contribution in [1.29, 1.82) is 0 Å². The van der Waals surface area contributed by atoms with E-state index in [-0.39, 0.29) is 5.54 Å². The summed E-state index contributed by atoms with van der Waals surface area (Å²) in [5.74, 6) is 0. The molecule has 114 valence electrons. The lowest BCUT2D eigenvalue weighted by molar-refractivity contribution is 0.401. The molecule has 2 aliphatic rings. The number of aryl methyl sites for hydroxylation is 3. The first-order valence-corrected chi connectivity index (χ1v) is 8.82. The van der Waals surface area contributed by atoms with Crippen LogP contribution in [0, 0.1) is 20.8 Å². The molecule has 0 bridgehead atoms. The summed E-state index contributed by atoms with van der Waals surface area (Å²) in [6.07, 6.45) is 4.19. The number of aromatic nitrogens is 1. The Morgan fingerprint density at radius 3 is 2.77 bits per heavy atom. The average molecular weight is 310 g/mol. The van der Waals surface area contributed by atoms with Crippen LogP contribution in [-0.2, 0) is 12.0 Å². The summed E-state index contributed by atoms with van der Waals surface area (Å²) in [6.45, 7) is 6.40. The largest absolute Gasteiger partial charge is 0.319 e. The number of hydrogen-bond donors (Lipinski definition) is 1. The number of benzene rings is 1. The van der Waals surface area contributed by atoms with Crippen LogP contribution in [-0.4, -0.2) is 4.98 Å². The van der Waals surface area contributed by atoms with Gasteiger partial charge in [0.2, 0.25) is 0 Å². The molecular formula is C19H22N2S. The fourth-order valence-corrected chi connectivity index (χ4v) is 4.84. The van der Waals surface area contributed by atoms with Crippen molar-refractivity contribution in [3.8, 4) is 0 Å². The SMILES string of the molecule is Cc1ccc2c(c1)CC1=C2C[C@@](N)(c2nc(C)c(C)s2)CC1. The molecule has 0 radical (unpaired) electrons. The van der Waals surface area contributed by atoms with Gasteiger partial charge < -0.3 is 5.73 Å². The molecule has 2 N–H and O–H groups in total. The van der Waals surface area contributed by atoms with Crippen molar-refractivity contribution in [2.24, 2.45) is 5.73 Å². The van der Waals surface area contributed by atoms with Crippen molar-refractivity contribution < 1.29 is 0 Å². The van der Waals surface area contributed by atoms with E-state index in [9.17, 15) is 0 Å². The minimum absolute atomic E-state index is 0.283. The van der Waals surface area contributed by atoms with E-state index in [1.165, 1.54) is 27.1 Å². The summed E-state index contributed by atoms with van der Waals surface area (Å²) >= 11 is 1.78. The fourth-order valence-electron chi connectivity index (χ4n) is 3.80. The van der Waals surface area contributed by atoms with Gasteiger partial charge in [0.25, 0.3) is 0 Å². The lowest BCUT2D eigenvalue weighted by Gasteiger charge is -2.33. The Kier molecular flexibility index (Phi) is 3.07. The summed E-state index contributed by atoms with van der Waals surface area (Å²) in [7, 11) is 0. The predicted molar refractivity (Wildman–Crippen MR) is 93.1 cm³/mol. The highest BCUT2D eigenvalue weighted by Crippen LogP contribution is 2.48. The zero-order chi connectivity index (χ0) is 15.5. The van der Waals surface area contributed by atoms with E-state index >= 15 is 0 Å². The Labute approximate surface area is 136 Å². The molecule has 2 aliphatic carbocycles. The molecule has 0 spiro atoms. The van der Waals surface area contributed by atoms with Crippen LogP contribution in [0.2, 0.25) is 0 Å². The molecule has 0 saturated heterocycles. The average Bonchev–Trinajstić information content (AvgIpc) is 2.99. The van der Waals surface area contributed by atoms with Crippen LogP contribution in [0.4, 0.5) is 0 Å². The fraction of sp³-hybridized carbons (Fsp3) is 0.421.